The molecule has 0 fully saturated rings. The van der Waals surface area contributed by atoms with E-state index in [4.69, 9.17) is 5.73 Å². The number of imide groups is 1. The van der Waals surface area contributed by atoms with Crippen molar-refractivity contribution in [1.82, 2.24) is 4.90 Å². The van der Waals surface area contributed by atoms with Crippen LogP contribution >= 0.6 is 0 Å². The van der Waals surface area contributed by atoms with Crippen molar-refractivity contribution in [3.05, 3.63) is 68.8 Å². The molecular weight excluding hydrogens is 528 g/mol. The van der Waals surface area contributed by atoms with Crippen LogP contribution in [0, 0.1) is 27.7 Å². The number of aryl methyl sites for hydroxylation is 2. The minimum Gasteiger partial charge on any atom is -0.386 e. The van der Waals surface area contributed by atoms with Crippen molar-refractivity contribution in [1.29, 1.82) is 0 Å². The van der Waals surface area contributed by atoms with E-state index in [9.17, 15) is 33.6 Å². The molecule has 2 aliphatic heterocycles. The standard InChI is InChI=1S/C17H19NO4.C10H8O3.C4H9NO/c1-9-6-7-13-14(11(9)3)16(22)18(15(13)21)17(5,12(4)20)8-10(2)19;1-5-3-4-7-8(6(5)2)10(12)13-9(7)11;1-3(5)4(2)6/h6-7H,8H2,1-5H3;3-4H,1-2H3;3H,5H2,1-2H3. The second-order valence-corrected chi connectivity index (χ2v) is 10.6. The van der Waals surface area contributed by atoms with Gasteiger partial charge in [0.15, 0.2) is 5.78 Å². The molecule has 0 radical (unpaired) electrons. The number of nitrogens with zero attached hydrogens (tertiary/aromatic N) is 1. The van der Waals surface area contributed by atoms with Crippen LogP contribution in [0.2, 0.25) is 0 Å². The van der Waals surface area contributed by atoms with Crippen molar-refractivity contribution < 1.29 is 38.3 Å². The highest BCUT2D eigenvalue weighted by Gasteiger charge is 2.50. The summed E-state index contributed by atoms with van der Waals surface area (Å²) in [6.45, 7) is 14.6. The Morgan fingerprint density at radius 1 is 0.805 bits per heavy atom. The first-order chi connectivity index (χ1) is 18.9. The first kappa shape index (κ1) is 32.9. The Balaban J connectivity index is 0.000000259. The van der Waals surface area contributed by atoms with Crippen LogP contribution in [0.4, 0.5) is 0 Å². The summed E-state index contributed by atoms with van der Waals surface area (Å²) in [4.78, 5) is 82.3. The van der Waals surface area contributed by atoms with Gasteiger partial charge in [0.1, 0.15) is 17.1 Å². The van der Waals surface area contributed by atoms with Gasteiger partial charge in [-0.1, -0.05) is 12.1 Å². The van der Waals surface area contributed by atoms with Gasteiger partial charge >= 0.3 is 11.9 Å². The van der Waals surface area contributed by atoms with Crippen LogP contribution in [0.1, 0.15) is 105 Å². The monoisotopic (exact) mass is 564 g/mol. The number of ketones is 3. The first-order valence-corrected chi connectivity index (χ1v) is 13.0. The van der Waals surface area contributed by atoms with Gasteiger partial charge < -0.3 is 10.5 Å². The van der Waals surface area contributed by atoms with Gasteiger partial charge in [0, 0.05) is 6.42 Å². The fourth-order valence-electron chi connectivity index (χ4n) is 4.33. The smallest absolute Gasteiger partial charge is 0.347 e. The van der Waals surface area contributed by atoms with Crippen LogP contribution in [0.3, 0.4) is 0 Å². The van der Waals surface area contributed by atoms with Gasteiger partial charge in [0.2, 0.25) is 0 Å². The second kappa shape index (κ2) is 12.5. The Kier molecular flexibility index (Phi) is 10.0. The van der Waals surface area contributed by atoms with Crippen molar-refractivity contribution in [2.45, 2.75) is 80.3 Å². The van der Waals surface area contributed by atoms with Crippen LogP contribution in [0.25, 0.3) is 0 Å². The van der Waals surface area contributed by atoms with E-state index in [1.54, 1.807) is 32.0 Å². The summed E-state index contributed by atoms with van der Waals surface area (Å²) in [5.41, 5.74) is 8.52. The molecule has 2 aromatic carbocycles. The van der Waals surface area contributed by atoms with E-state index in [-0.39, 0.29) is 29.8 Å². The van der Waals surface area contributed by atoms with Gasteiger partial charge in [-0.25, -0.2) is 9.59 Å². The van der Waals surface area contributed by atoms with Gasteiger partial charge in [-0.15, -0.1) is 0 Å². The minimum absolute atomic E-state index is 0.0370. The highest BCUT2D eigenvalue weighted by Crippen LogP contribution is 2.34. The number of hydrogen-bond donors (Lipinski definition) is 1. The number of carbonyl (C=O) groups excluding carboxylic acids is 7. The quantitative estimate of drug-likeness (QED) is 0.324. The molecule has 2 amide bonds. The van der Waals surface area contributed by atoms with Crippen LogP contribution in [-0.2, 0) is 19.1 Å². The number of cyclic esters (lactones) is 2. The molecule has 2 aliphatic rings. The van der Waals surface area contributed by atoms with Gasteiger partial charge in [-0.2, -0.15) is 0 Å². The van der Waals surface area contributed by atoms with E-state index < -0.39 is 29.3 Å². The number of rotatable bonds is 5. The maximum atomic E-state index is 12.8. The number of hydrogen-bond acceptors (Lipinski definition) is 9. The lowest BCUT2D eigenvalue weighted by molar-refractivity contribution is -0.130. The maximum absolute atomic E-state index is 12.8. The summed E-state index contributed by atoms with van der Waals surface area (Å²) in [6, 6.07) is 6.54. The summed E-state index contributed by atoms with van der Waals surface area (Å²) < 4.78 is 4.49. The van der Waals surface area contributed by atoms with Crippen LogP contribution in [-0.4, -0.2) is 57.6 Å². The Labute approximate surface area is 239 Å². The molecule has 0 aliphatic carbocycles. The van der Waals surface area contributed by atoms with Crippen molar-refractivity contribution in [2.24, 2.45) is 5.73 Å². The fourth-order valence-corrected chi connectivity index (χ4v) is 4.33. The van der Waals surface area contributed by atoms with Crippen molar-refractivity contribution in [2.75, 3.05) is 0 Å². The van der Waals surface area contributed by atoms with Crippen LogP contribution in [0.15, 0.2) is 24.3 Å². The number of ether oxygens (including phenoxy) is 1. The van der Waals surface area contributed by atoms with E-state index in [1.807, 2.05) is 26.8 Å². The molecule has 0 spiro atoms. The SMILES string of the molecule is CC(=O)C(C)N.CC(=O)CC(C)(C(C)=O)N1C(=O)c2ccc(C)c(C)c2C1=O.Cc1ccc2c(c1C)C(=O)OC2=O. The summed E-state index contributed by atoms with van der Waals surface area (Å²) in [6.07, 6.45) is -0.175. The number of benzene rings is 2. The lowest BCUT2D eigenvalue weighted by atomic mass is 9.89. The fraction of sp³-hybridized carbons (Fsp3) is 0.387. The van der Waals surface area contributed by atoms with Crippen molar-refractivity contribution in [3.8, 4) is 0 Å². The molecule has 2 heterocycles. The maximum Gasteiger partial charge on any atom is 0.347 e. The zero-order chi connectivity index (χ0) is 31.6. The second-order valence-electron chi connectivity index (χ2n) is 10.6. The molecule has 10 nitrogen and oxygen atoms in total. The van der Waals surface area contributed by atoms with E-state index in [0.29, 0.717) is 22.3 Å². The average molecular weight is 565 g/mol. The minimum atomic E-state index is -1.45. The molecule has 10 heteroatoms. The van der Waals surface area contributed by atoms with E-state index in [2.05, 4.69) is 4.74 Å². The van der Waals surface area contributed by atoms with Gasteiger partial charge in [0.25, 0.3) is 11.8 Å². The lowest BCUT2D eigenvalue weighted by Crippen LogP contribution is -2.55. The topological polar surface area (TPSA) is 158 Å². The molecule has 0 saturated heterocycles. The molecule has 2 aromatic rings. The van der Waals surface area contributed by atoms with Gasteiger partial charge in [-0.05, 0) is 96.7 Å². The highest BCUT2D eigenvalue weighted by atomic mass is 16.6. The number of esters is 2. The molecule has 2 unspecified atom stereocenters. The Bertz CT molecular complexity index is 1490. The van der Waals surface area contributed by atoms with Crippen LogP contribution in [0.5, 0.6) is 0 Å². The molecule has 218 valence electrons. The normalized spacial score (nSPS) is 15.4. The molecule has 2 N–H and O–H groups in total. The molecular formula is C31H36N2O8. The predicted molar refractivity (Wildman–Crippen MR) is 151 cm³/mol. The summed E-state index contributed by atoms with van der Waals surface area (Å²) in [5, 5.41) is 0. The van der Waals surface area contributed by atoms with E-state index in [1.165, 1.54) is 27.7 Å². The van der Waals surface area contributed by atoms with Crippen molar-refractivity contribution >= 4 is 41.1 Å². The number of carbonyl (C=O) groups is 7. The molecule has 0 saturated carbocycles. The number of fused-ring (bicyclic) bond motifs is 2. The molecule has 4 rings (SSSR count). The molecule has 0 aromatic heterocycles. The van der Waals surface area contributed by atoms with E-state index in [0.717, 1.165) is 27.2 Å². The Morgan fingerprint density at radius 2 is 1.27 bits per heavy atom. The number of amides is 2. The zero-order valence-corrected chi connectivity index (χ0v) is 24.9. The third-order valence-corrected chi connectivity index (χ3v) is 7.42. The first-order valence-electron chi connectivity index (χ1n) is 13.0. The number of nitrogens with two attached hydrogens (primary N) is 1. The van der Waals surface area contributed by atoms with E-state index >= 15 is 0 Å². The molecule has 0 bridgehead atoms. The summed E-state index contributed by atoms with van der Waals surface area (Å²) in [5.74, 6) is -2.67. The Hall–Kier alpha value is -4.31. The van der Waals surface area contributed by atoms with Crippen molar-refractivity contribution in [3.63, 3.8) is 0 Å². The third kappa shape index (κ3) is 6.54. The predicted octanol–water partition coefficient (Wildman–Crippen LogP) is 3.76. The largest absolute Gasteiger partial charge is 0.386 e. The summed E-state index contributed by atoms with van der Waals surface area (Å²) in [7, 11) is 0. The number of Topliss-reactive ketones (excluding diaryl/α,β-unsaturated/α-hetero) is 3. The lowest BCUT2D eigenvalue weighted by Gasteiger charge is -2.34. The third-order valence-electron chi connectivity index (χ3n) is 7.42. The van der Waals surface area contributed by atoms with Gasteiger partial charge in [-0.3, -0.25) is 28.9 Å². The Morgan fingerprint density at radius 3 is 1.71 bits per heavy atom. The molecule has 2 atom stereocenters. The highest BCUT2D eigenvalue weighted by molar-refractivity contribution is 6.24. The van der Waals surface area contributed by atoms with Crippen LogP contribution < -0.4 is 5.73 Å². The zero-order valence-electron chi connectivity index (χ0n) is 24.9. The molecule has 41 heavy (non-hydrogen) atoms. The summed E-state index contributed by atoms with van der Waals surface area (Å²) >= 11 is 0. The average Bonchev–Trinajstić information content (AvgIpc) is 3.30. The van der Waals surface area contributed by atoms with Gasteiger partial charge in [0.05, 0.1) is 28.3 Å².